The molecule has 0 fully saturated rings. The summed E-state index contributed by atoms with van der Waals surface area (Å²) in [6.07, 6.45) is 0.881. The molecule has 13 nitrogen and oxygen atoms in total. The van der Waals surface area contributed by atoms with Crippen LogP contribution >= 0.6 is 0 Å². The Bertz CT molecular complexity index is 1020. The number of ether oxygens (including phenoxy) is 3. The average Bonchev–Trinajstić information content (AvgIpc) is 2.95. The molecule has 0 spiro atoms. The van der Waals surface area contributed by atoms with Crippen LogP contribution in [0.1, 0.15) is 115 Å². The van der Waals surface area contributed by atoms with Crippen molar-refractivity contribution in [1.82, 2.24) is 21.3 Å². The van der Waals surface area contributed by atoms with E-state index >= 15 is 0 Å². The van der Waals surface area contributed by atoms with Gasteiger partial charge in [0.1, 0.15) is 17.3 Å². The summed E-state index contributed by atoms with van der Waals surface area (Å²) in [6, 6.07) is -0.0864. The quantitative estimate of drug-likeness (QED) is 0.0817. The predicted octanol–water partition coefficient (Wildman–Crippen LogP) is 3.27. The van der Waals surface area contributed by atoms with Gasteiger partial charge in [-0.2, -0.15) is 0 Å². The second-order valence-corrected chi connectivity index (χ2v) is 15.8. The zero-order valence-electron chi connectivity index (χ0n) is 32.2. The van der Waals surface area contributed by atoms with Crippen molar-refractivity contribution in [3.8, 4) is 0 Å². The van der Waals surface area contributed by atoms with Crippen molar-refractivity contribution in [2.75, 3.05) is 52.7 Å². The molecule has 0 aromatic rings. The number of amides is 3. The molecule has 0 radical (unpaired) electrons. The van der Waals surface area contributed by atoms with E-state index in [1.165, 1.54) is 0 Å². The van der Waals surface area contributed by atoms with Crippen LogP contribution in [0.3, 0.4) is 0 Å². The van der Waals surface area contributed by atoms with E-state index in [2.05, 4.69) is 21.3 Å². The number of hydrogen-bond acceptors (Lipinski definition) is 10. The first-order valence-corrected chi connectivity index (χ1v) is 17.5. The smallest absolute Gasteiger partial charge is 0.222 e. The van der Waals surface area contributed by atoms with E-state index in [4.69, 9.17) is 14.2 Å². The van der Waals surface area contributed by atoms with Gasteiger partial charge >= 0.3 is 0 Å². The highest BCUT2D eigenvalue weighted by Crippen LogP contribution is 2.18. The molecule has 3 amide bonds. The van der Waals surface area contributed by atoms with Crippen LogP contribution in [-0.4, -0.2) is 99.5 Å². The summed E-state index contributed by atoms with van der Waals surface area (Å²) < 4.78 is 17.9. The summed E-state index contributed by atoms with van der Waals surface area (Å²) in [5, 5.41) is 11.5. The maximum atomic E-state index is 12.5. The maximum absolute atomic E-state index is 12.5. The lowest BCUT2D eigenvalue weighted by Crippen LogP contribution is -2.58. The standard InChI is InChI=1S/C36H66N4O9/c1-26(2)40-36(49-23-17-32(46)39-20-14-29(43)35(9,10)11,24-47-21-15-30(44)37-18-12-27(41)33(3,4)5)25-48-22-16-31(45)38-19-13-28(42)34(6,7)8/h26,40H,12-25H2,1-11H3,(H,37,44)(H,38,45)(H,39,46). The first-order chi connectivity index (χ1) is 22.5. The zero-order valence-corrected chi connectivity index (χ0v) is 32.2. The van der Waals surface area contributed by atoms with Gasteiger partial charge in [-0.1, -0.05) is 62.3 Å². The minimum atomic E-state index is -1.21. The third-order valence-corrected chi connectivity index (χ3v) is 7.41. The van der Waals surface area contributed by atoms with E-state index in [0.29, 0.717) is 0 Å². The summed E-state index contributed by atoms with van der Waals surface area (Å²) in [5.74, 6) is -0.601. The largest absolute Gasteiger partial charge is 0.376 e. The molecule has 0 atom stereocenters. The molecule has 49 heavy (non-hydrogen) atoms. The number of ketones is 3. The van der Waals surface area contributed by atoms with E-state index in [0.717, 1.165) is 0 Å². The molecule has 13 heteroatoms. The molecule has 0 saturated carbocycles. The van der Waals surface area contributed by atoms with Crippen molar-refractivity contribution in [2.24, 2.45) is 16.2 Å². The van der Waals surface area contributed by atoms with Crippen molar-refractivity contribution in [2.45, 2.75) is 126 Å². The monoisotopic (exact) mass is 698 g/mol. The minimum absolute atomic E-state index is 0.00999. The van der Waals surface area contributed by atoms with Gasteiger partial charge in [0.25, 0.3) is 0 Å². The van der Waals surface area contributed by atoms with Gasteiger partial charge in [0.2, 0.25) is 17.7 Å². The Morgan fingerprint density at radius 2 is 0.796 bits per heavy atom. The van der Waals surface area contributed by atoms with Crippen LogP contribution in [0.2, 0.25) is 0 Å². The Morgan fingerprint density at radius 1 is 0.490 bits per heavy atom. The van der Waals surface area contributed by atoms with E-state index in [1.807, 2.05) is 76.2 Å². The number of nitrogens with one attached hydrogen (secondary N) is 4. The number of rotatable bonds is 25. The van der Waals surface area contributed by atoms with Gasteiger partial charge in [0.05, 0.1) is 39.5 Å². The Balaban J connectivity index is 5.20. The van der Waals surface area contributed by atoms with Crippen molar-refractivity contribution < 1.29 is 43.0 Å². The maximum Gasteiger partial charge on any atom is 0.222 e. The summed E-state index contributed by atoms with van der Waals surface area (Å²) in [7, 11) is 0. The van der Waals surface area contributed by atoms with Crippen molar-refractivity contribution in [3.05, 3.63) is 0 Å². The van der Waals surface area contributed by atoms with Crippen LogP contribution in [0.4, 0.5) is 0 Å². The van der Waals surface area contributed by atoms with Gasteiger partial charge < -0.3 is 30.2 Å². The Labute approximate surface area is 294 Å². The van der Waals surface area contributed by atoms with Gasteiger partial charge in [-0.25, -0.2) is 0 Å². The van der Waals surface area contributed by atoms with Gasteiger partial charge in [0.15, 0.2) is 5.72 Å². The molecule has 0 aliphatic carbocycles. The predicted molar refractivity (Wildman–Crippen MR) is 189 cm³/mol. The third kappa shape index (κ3) is 22.6. The molecule has 4 N–H and O–H groups in total. The zero-order chi connectivity index (χ0) is 37.9. The molecule has 0 heterocycles. The summed E-state index contributed by atoms with van der Waals surface area (Å²) in [6.45, 7) is 21.2. The summed E-state index contributed by atoms with van der Waals surface area (Å²) in [4.78, 5) is 73.6. The van der Waals surface area contributed by atoms with Gasteiger partial charge in [0, 0.05) is 74.0 Å². The number of hydrogen-bond donors (Lipinski definition) is 4. The highest BCUT2D eigenvalue weighted by atomic mass is 16.6. The molecular formula is C36H66N4O9. The van der Waals surface area contributed by atoms with Crippen molar-refractivity contribution in [1.29, 1.82) is 0 Å². The van der Waals surface area contributed by atoms with Crippen LogP contribution in [0.25, 0.3) is 0 Å². The second kappa shape index (κ2) is 22.2. The minimum Gasteiger partial charge on any atom is -0.376 e. The molecule has 0 rings (SSSR count). The molecule has 0 bridgehead atoms. The van der Waals surface area contributed by atoms with Crippen molar-refractivity contribution in [3.63, 3.8) is 0 Å². The first-order valence-electron chi connectivity index (χ1n) is 17.5. The van der Waals surface area contributed by atoms with Gasteiger partial charge in [-0.05, 0) is 13.8 Å². The number of carbonyl (C=O) groups is 6. The average molecular weight is 699 g/mol. The SMILES string of the molecule is CC(C)NC(COCCC(=O)NCCC(=O)C(C)(C)C)(COCCC(=O)NCCC(=O)C(C)(C)C)OCCC(=O)NCCC(=O)C(C)(C)C. The van der Waals surface area contributed by atoms with Crippen LogP contribution < -0.4 is 21.3 Å². The van der Waals surface area contributed by atoms with E-state index in [-0.39, 0.29) is 132 Å². The normalized spacial score (nSPS) is 12.5. The summed E-state index contributed by atoms with van der Waals surface area (Å²) >= 11 is 0. The Kier molecular flexibility index (Phi) is 20.9. The Morgan fingerprint density at radius 3 is 1.08 bits per heavy atom. The molecule has 0 aliphatic heterocycles. The van der Waals surface area contributed by atoms with Gasteiger partial charge in [-0.3, -0.25) is 34.1 Å². The van der Waals surface area contributed by atoms with Crippen molar-refractivity contribution >= 4 is 35.1 Å². The fourth-order valence-electron chi connectivity index (χ4n) is 4.26. The van der Waals surface area contributed by atoms with E-state index < -0.39 is 22.0 Å². The fraction of sp³-hybridized carbons (Fsp3) is 0.833. The second-order valence-electron chi connectivity index (χ2n) is 15.8. The molecule has 284 valence electrons. The number of Topliss-reactive ketones (excluding diaryl/α,β-unsaturated/α-hetero) is 3. The molecule has 0 saturated heterocycles. The first kappa shape index (κ1) is 46.3. The molecule has 0 aliphatic rings. The summed E-state index contributed by atoms with van der Waals surface area (Å²) in [5.41, 5.74) is -2.62. The van der Waals surface area contributed by atoms with Crippen LogP contribution in [0.15, 0.2) is 0 Å². The fourth-order valence-corrected chi connectivity index (χ4v) is 4.26. The van der Waals surface area contributed by atoms with E-state index in [9.17, 15) is 28.8 Å². The lowest BCUT2D eigenvalue weighted by atomic mass is 9.89. The highest BCUT2D eigenvalue weighted by molar-refractivity contribution is 5.85. The van der Waals surface area contributed by atoms with E-state index in [1.54, 1.807) is 0 Å². The number of carbonyl (C=O) groups excluding carboxylic acids is 6. The van der Waals surface area contributed by atoms with Gasteiger partial charge in [-0.15, -0.1) is 0 Å². The van der Waals surface area contributed by atoms with Crippen LogP contribution in [0.5, 0.6) is 0 Å². The molecule has 0 aromatic carbocycles. The Hall–Kier alpha value is -2.74. The molecular weight excluding hydrogens is 632 g/mol. The lowest BCUT2D eigenvalue weighted by molar-refractivity contribution is -0.162. The third-order valence-electron chi connectivity index (χ3n) is 7.41. The van der Waals surface area contributed by atoms with Crippen LogP contribution in [-0.2, 0) is 43.0 Å². The molecule has 0 unspecified atom stereocenters. The topological polar surface area (TPSA) is 178 Å². The molecule has 0 aromatic heterocycles. The van der Waals surface area contributed by atoms with Crippen LogP contribution in [0, 0.1) is 16.2 Å². The highest BCUT2D eigenvalue weighted by Gasteiger charge is 2.33. The lowest BCUT2D eigenvalue weighted by Gasteiger charge is -2.36.